The van der Waals surface area contributed by atoms with Crippen LogP contribution in [0.1, 0.15) is 24.1 Å². The minimum atomic E-state index is 0. The molecule has 0 amide bonds. The van der Waals surface area contributed by atoms with Crippen LogP contribution < -0.4 is 5.32 Å². The highest BCUT2D eigenvalue weighted by molar-refractivity contribution is 7.09. The van der Waals surface area contributed by atoms with Gasteiger partial charge in [-0.1, -0.05) is 6.07 Å². The first-order valence-corrected chi connectivity index (χ1v) is 5.65. The summed E-state index contributed by atoms with van der Waals surface area (Å²) in [4.78, 5) is 1.39. The van der Waals surface area contributed by atoms with E-state index >= 15 is 0 Å². The number of hydrogen-bond acceptors (Lipinski definition) is 3. The van der Waals surface area contributed by atoms with Gasteiger partial charge < -0.3 is 10.4 Å². The maximum atomic E-state index is 8.55. The Bertz CT molecular complexity index is 204. The van der Waals surface area contributed by atoms with Crippen molar-refractivity contribution in [3.8, 4) is 0 Å². The fourth-order valence-corrected chi connectivity index (χ4v) is 1.84. The van der Waals surface area contributed by atoms with E-state index in [4.69, 9.17) is 5.11 Å². The summed E-state index contributed by atoms with van der Waals surface area (Å²) >= 11 is 1.79. The Balaban J connectivity index is 0.00000169. The van der Waals surface area contributed by atoms with E-state index in [0.29, 0.717) is 6.61 Å². The van der Waals surface area contributed by atoms with Crippen molar-refractivity contribution >= 4 is 23.7 Å². The van der Waals surface area contributed by atoms with Crippen LogP contribution in [0.2, 0.25) is 0 Å². The van der Waals surface area contributed by atoms with E-state index in [1.807, 2.05) is 0 Å². The molecule has 0 atom stereocenters. The second kappa shape index (κ2) is 9.46. The largest absolute Gasteiger partial charge is 0.396 e. The summed E-state index contributed by atoms with van der Waals surface area (Å²) in [5.41, 5.74) is 0. The molecule has 1 rings (SSSR count). The molecule has 82 valence electrons. The lowest BCUT2D eigenvalue weighted by atomic mass is 10.2. The fraction of sp³-hybridized carbons (Fsp3) is 0.600. The van der Waals surface area contributed by atoms with Crippen LogP contribution in [0.25, 0.3) is 0 Å². The molecule has 1 aromatic rings. The monoisotopic (exact) mass is 235 g/mol. The van der Waals surface area contributed by atoms with Gasteiger partial charge in [-0.3, -0.25) is 0 Å². The maximum absolute atomic E-state index is 8.55. The number of nitrogens with one attached hydrogen (secondary N) is 1. The molecule has 0 spiro atoms. The van der Waals surface area contributed by atoms with Crippen LogP contribution in [-0.2, 0) is 6.54 Å². The average Bonchev–Trinajstić information content (AvgIpc) is 2.63. The Morgan fingerprint density at radius 1 is 1.29 bits per heavy atom. The van der Waals surface area contributed by atoms with Gasteiger partial charge in [0.2, 0.25) is 0 Å². The highest BCUT2D eigenvalue weighted by Gasteiger charge is 1.92. The molecule has 0 aliphatic rings. The van der Waals surface area contributed by atoms with Crippen molar-refractivity contribution < 1.29 is 5.11 Å². The van der Waals surface area contributed by atoms with Crippen LogP contribution in [0.15, 0.2) is 17.5 Å². The topological polar surface area (TPSA) is 32.3 Å². The second-order valence-electron chi connectivity index (χ2n) is 3.04. The first-order chi connectivity index (χ1) is 6.43. The van der Waals surface area contributed by atoms with E-state index in [1.165, 1.54) is 4.88 Å². The number of halogens is 1. The summed E-state index contributed by atoms with van der Waals surface area (Å²) in [6.07, 6.45) is 3.21. The number of aliphatic hydroxyl groups excluding tert-OH is 1. The highest BCUT2D eigenvalue weighted by atomic mass is 35.5. The molecule has 0 fully saturated rings. The molecule has 0 unspecified atom stereocenters. The van der Waals surface area contributed by atoms with Crippen LogP contribution in [0.3, 0.4) is 0 Å². The molecule has 2 nitrogen and oxygen atoms in total. The second-order valence-corrected chi connectivity index (χ2v) is 4.07. The third-order valence-corrected chi connectivity index (χ3v) is 2.77. The summed E-state index contributed by atoms with van der Waals surface area (Å²) in [6, 6.07) is 4.22. The van der Waals surface area contributed by atoms with Gasteiger partial charge in [0.1, 0.15) is 0 Å². The van der Waals surface area contributed by atoms with Gasteiger partial charge in [-0.25, -0.2) is 0 Å². The van der Waals surface area contributed by atoms with Gasteiger partial charge in [0.05, 0.1) is 0 Å². The van der Waals surface area contributed by atoms with Crippen LogP contribution >= 0.6 is 23.7 Å². The smallest absolute Gasteiger partial charge is 0.0431 e. The Labute approximate surface area is 95.8 Å². The van der Waals surface area contributed by atoms with Gasteiger partial charge in [0.15, 0.2) is 0 Å². The average molecular weight is 236 g/mol. The van der Waals surface area contributed by atoms with Crippen molar-refractivity contribution in [2.75, 3.05) is 13.2 Å². The van der Waals surface area contributed by atoms with Gasteiger partial charge in [0, 0.05) is 18.0 Å². The first-order valence-electron chi connectivity index (χ1n) is 4.77. The molecule has 4 heteroatoms. The molecule has 0 aliphatic heterocycles. The van der Waals surface area contributed by atoms with E-state index in [1.54, 1.807) is 11.3 Å². The van der Waals surface area contributed by atoms with E-state index in [9.17, 15) is 0 Å². The lowest BCUT2D eigenvalue weighted by Gasteiger charge is -2.01. The predicted molar refractivity (Wildman–Crippen MR) is 64.2 cm³/mol. The Kier molecular flexibility index (Phi) is 9.40. The molecule has 14 heavy (non-hydrogen) atoms. The van der Waals surface area contributed by atoms with Crippen molar-refractivity contribution in [2.45, 2.75) is 25.8 Å². The number of aliphatic hydroxyl groups is 1. The Morgan fingerprint density at radius 2 is 2.14 bits per heavy atom. The van der Waals surface area contributed by atoms with Crippen LogP contribution in [0.4, 0.5) is 0 Å². The molecular weight excluding hydrogens is 218 g/mol. The van der Waals surface area contributed by atoms with E-state index in [-0.39, 0.29) is 12.4 Å². The minimum absolute atomic E-state index is 0. The lowest BCUT2D eigenvalue weighted by Crippen LogP contribution is -2.13. The molecular formula is C10H18ClNOS. The summed E-state index contributed by atoms with van der Waals surface area (Å²) < 4.78 is 0. The Hall–Kier alpha value is -0.0900. The van der Waals surface area contributed by atoms with Gasteiger partial charge in [-0.2, -0.15) is 0 Å². The van der Waals surface area contributed by atoms with Gasteiger partial charge in [-0.05, 0) is 37.3 Å². The van der Waals surface area contributed by atoms with Crippen LogP contribution in [0.5, 0.6) is 0 Å². The van der Waals surface area contributed by atoms with Crippen molar-refractivity contribution in [3.63, 3.8) is 0 Å². The van der Waals surface area contributed by atoms with E-state index in [2.05, 4.69) is 22.8 Å². The maximum Gasteiger partial charge on any atom is 0.0431 e. The fourth-order valence-electron chi connectivity index (χ4n) is 1.16. The number of thiophene rings is 1. The van der Waals surface area contributed by atoms with E-state index < -0.39 is 0 Å². The number of rotatable bonds is 7. The molecule has 1 heterocycles. The zero-order valence-electron chi connectivity index (χ0n) is 8.24. The normalized spacial score (nSPS) is 9.79. The third-order valence-electron chi connectivity index (χ3n) is 1.89. The molecule has 2 N–H and O–H groups in total. The molecule has 1 aromatic heterocycles. The van der Waals surface area contributed by atoms with Crippen LogP contribution in [-0.4, -0.2) is 18.3 Å². The molecule has 0 bridgehead atoms. The van der Waals surface area contributed by atoms with Crippen molar-refractivity contribution in [2.24, 2.45) is 0 Å². The Morgan fingerprint density at radius 3 is 2.79 bits per heavy atom. The quantitative estimate of drug-likeness (QED) is 0.712. The predicted octanol–water partition coefficient (Wildman–Crippen LogP) is 2.42. The van der Waals surface area contributed by atoms with Gasteiger partial charge >= 0.3 is 0 Å². The SMILES string of the molecule is Cl.OCCCCCNCc1cccs1. The lowest BCUT2D eigenvalue weighted by molar-refractivity contribution is 0.283. The zero-order valence-corrected chi connectivity index (χ0v) is 9.87. The first kappa shape index (κ1) is 13.9. The van der Waals surface area contributed by atoms with Gasteiger partial charge in [-0.15, -0.1) is 23.7 Å². The van der Waals surface area contributed by atoms with Gasteiger partial charge in [0.25, 0.3) is 0 Å². The highest BCUT2D eigenvalue weighted by Crippen LogP contribution is 2.07. The minimum Gasteiger partial charge on any atom is -0.396 e. The molecule has 0 saturated carbocycles. The molecule has 0 aromatic carbocycles. The standard InChI is InChI=1S/C10H17NOS.ClH/c12-7-3-1-2-6-11-9-10-5-4-8-13-10;/h4-5,8,11-12H,1-3,6-7,9H2;1H. The number of unbranched alkanes of at least 4 members (excludes halogenated alkanes) is 2. The summed E-state index contributed by atoms with van der Waals surface area (Å²) in [6.45, 7) is 2.36. The number of hydrogen-bond donors (Lipinski definition) is 2. The molecule has 0 aliphatic carbocycles. The van der Waals surface area contributed by atoms with Crippen molar-refractivity contribution in [3.05, 3.63) is 22.4 Å². The van der Waals surface area contributed by atoms with Crippen molar-refractivity contribution in [1.29, 1.82) is 0 Å². The zero-order chi connectivity index (χ0) is 9.36. The summed E-state index contributed by atoms with van der Waals surface area (Å²) in [5, 5.41) is 14.0. The molecule has 0 saturated heterocycles. The summed E-state index contributed by atoms with van der Waals surface area (Å²) in [5.74, 6) is 0. The van der Waals surface area contributed by atoms with E-state index in [0.717, 1.165) is 32.4 Å². The molecule has 0 radical (unpaired) electrons. The summed E-state index contributed by atoms with van der Waals surface area (Å²) in [7, 11) is 0. The van der Waals surface area contributed by atoms with Crippen LogP contribution in [0, 0.1) is 0 Å². The van der Waals surface area contributed by atoms with Crippen molar-refractivity contribution in [1.82, 2.24) is 5.32 Å². The third kappa shape index (κ3) is 6.38.